The van der Waals surface area contributed by atoms with Crippen molar-refractivity contribution in [3.05, 3.63) is 54.6 Å². The van der Waals surface area contributed by atoms with Gasteiger partial charge >= 0.3 is 0 Å². The molecule has 0 unspecified atom stereocenters. The zero-order valence-corrected chi connectivity index (χ0v) is 17.5. The fourth-order valence-electron chi connectivity index (χ4n) is 2.82. The van der Waals surface area contributed by atoms with Crippen molar-refractivity contribution in [3.63, 3.8) is 0 Å². The van der Waals surface area contributed by atoms with Crippen LogP contribution in [0.5, 0.6) is 5.75 Å². The molecule has 1 amide bonds. The number of carbonyl (C=O) groups is 1. The lowest BCUT2D eigenvalue weighted by atomic mass is 9.89. The Morgan fingerprint density at radius 1 is 1.20 bits per heavy atom. The van der Waals surface area contributed by atoms with Crippen LogP contribution in [0, 0.1) is 11.8 Å². The summed E-state index contributed by atoms with van der Waals surface area (Å²) in [5, 5.41) is 21.9. The quantitative estimate of drug-likeness (QED) is 0.296. The molecule has 3 N–H and O–H groups in total. The Bertz CT molecular complexity index is 650. The minimum absolute atomic E-state index is 0.0155. The SMILES string of the molecule is CCNC(=O)CCCC=CC[C@@H](CO)[C@@H](C=CC(F)(F)COc1ccccc1)CO. The Kier molecular flexibility index (Phi) is 12.6. The third-order valence-electron chi connectivity index (χ3n) is 4.57. The van der Waals surface area contributed by atoms with Crippen molar-refractivity contribution in [1.82, 2.24) is 5.32 Å². The zero-order valence-electron chi connectivity index (χ0n) is 17.5. The van der Waals surface area contributed by atoms with Gasteiger partial charge in [-0.1, -0.05) is 36.4 Å². The summed E-state index contributed by atoms with van der Waals surface area (Å²) in [7, 11) is 0. The monoisotopic (exact) mass is 425 g/mol. The van der Waals surface area contributed by atoms with E-state index in [2.05, 4.69) is 5.32 Å². The molecule has 0 aliphatic rings. The molecule has 0 saturated carbocycles. The number of nitrogens with one attached hydrogen (secondary N) is 1. The normalized spacial score (nSPS) is 14.2. The lowest BCUT2D eigenvalue weighted by molar-refractivity contribution is -0.121. The molecule has 0 saturated heterocycles. The number of ether oxygens (including phenoxy) is 1. The second-order valence-electron chi connectivity index (χ2n) is 7.06. The Morgan fingerprint density at radius 3 is 2.57 bits per heavy atom. The molecule has 1 rings (SSSR count). The Morgan fingerprint density at radius 2 is 1.93 bits per heavy atom. The fraction of sp³-hybridized carbons (Fsp3) is 0.522. The van der Waals surface area contributed by atoms with Crippen LogP contribution in [0.1, 0.15) is 32.6 Å². The van der Waals surface area contributed by atoms with E-state index < -0.39 is 18.4 Å². The number of rotatable bonds is 15. The number of para-hydroxylation sites is 1. The lowest BCUT2D eigenvalue weighted by Crippen LogP contribution is -2.25. The average Bonchev–Trinajstić information content (AvgIpc) is 2.74. The summed E-state index contributed by atoms with van der Waals surface area (Å²) in [6.07, 6.45) is 8.05. The second-order valence-corrected chi connectivity index (χ2v) is 7.06. The molecule has 0 radical (unpaired) electrons. The first-order valence-electron chi connectivity index (χ1n) is 10.3. The molecule has 0 bridgehead atoms. The van der Waals surface area contributed by atoms with Gasteiger partial charge in [0.25, 0.3) is 5.92 Å². The number of allylic oxidation sites excluding steroid dienone is 2. The van der Waals surface area contributed by atoms with Gasteiger partial charge in [-0.3, -0.25) is 4.79 Å². The number of amides is 1. The predicted octanol–water partition coefficient (Wildman–Crippen LogP) is 3.73. The maximum Gasteiger partial charge on any atom is 0.299 e. The average molecular weight is 426 g/mol. The van der Waals surface area contributed by atoms with E-state index in [-0.39, 0.29) is 25.0 Å². The van der Waals surface area contributed by atoms with Crippen LogP contribution in [0.4, 0.5) is 8.78 Å². The van der Waals surface area contributed by atoms with Crippen molar-refractivity contribution in [2.75, 3.05) is 26.4 Å². The molecule has 168 valence electrons. The van der Waals surface area contributed by atoms with E-state index in [0.29, 0.717) is 38.0 Å². The minimum Gasteiger partial charge on any atom is -0.487 e. The zero-order chi connectivity index (χ0) is 22.2. The van der Waals surface area contributed by atoms with Crippen LogP contribution in [0.2, 0.25) is 0 Å². The van der Waals surface area contributed by atoms with Crippen LogP contribution in [-0.2, 0) is 4.79 Å². The van der Waals surface area contributed by atoms with Gasteiger partial charge in [0.1, 0.15) is 5.75 Å². The number of aliphatic hydroxyl groups excluding tert-OH is 2. The maximum absolute atomic E-state index is 14.1. The van der Waals surface area contributed by atoms with Crippen LogP contribution in [-0.4, -0.2) is 48.4 Å². The van der Waals surface area contributed by atoms with Crippen molar-refractivity contribution in [1.29, 1.82) is 0 Å². The largest absolute Gasteiger partial charge is 0.487 e. The van der Waals surface area contributed by atoms with Crippen LogP contribution >= 0.6 is 0 Å². The highest BCUT2D eigenvalue weighted by atomic mass is 19.3. The summed E-state index contributed by atoms with van der Waals surface area (Å²) < 4.78 is 33.3. The molecule has 0 aliphatic carbocycles. The number of alkyl halides is 2. The Hall–Kier alpha value is -2.25. The molecular formula is C23H33F2NO4. The summed E-state index contributed by atoms with van der Waals surface area (Å²) in [5.41, 5.74) is 0. The standard InChI is InChI=1S/C23H33F2NO4/c1-2-26-22(29)13-9-4-3-6-10-19(16-27)20(17-28)14-15-23(24,25)18-30-21-11-7-5-8-12-21/h3,5-8,11-12,14-15,19-20,27-28H,2,4,9-10,13,16-18H2,1H3,(H,26,29)/t19-,20-/m0/s1. The molecule has 1 aromatic rings. The summed E-state index contributed by atoms with van der Waals surface area (Å²) >= 11 is 0. The van der Waals surface area contributed by atoms with E-state index in [4.69, 9.17) is 4.74 Å². The molecule has 0 fully saturated rings. The van der Waals surface area contributed by atoms with Gasteiger partial charge < -0.3 is 20.3 Å². The smallest absolute Gasteiger partial charge is 0.299 e. The van der Waals surface area contributed by atoms with Gasteiger partial charge in [0.2, 0.25) is 5.91 Å². The van der Waals surface area contributed by atoms with E-state index in [1.54, 1.807) is 30.3 Å². The van der Waals surface area contributed by atoms with Gasteiger partial charge in [0.15, 0.2) is 6.61 Å². The van der Waals surface area contributed by atoms with Gasteiger partial charge in [0.05, 0.1) is 0 Å². The number of hydrogen-bond donors (Lipinski definition) is 3. The number of unbranched alkanes of at least 4 members (excludes halogenated alkanes) is 1. The molecule has 7 heteroatoms. The van der Waals surface area contributed by atoms with Crippen molar-refractivity contribution in [2.45, 2.75) is 38.5 Å². The molecule has 30 heavy (non-hydrogen) atoms. The van der Waals surface area contributed by atoms with Crippen LogP contribution in [0.15, 0.2) is 54.6 Å². The molecule has 2 atom stereocenters. The minimum atomic E-state index is -3.20. The third kappa shape index (κ3) is 11.1. The molecule has 0 heterocycles. The maximum atomic E-state index is 14.1. The first kappa shape index (κ1) is 25.8. The Balaban J connectivity index is 2.48. The molecule has 0 spiro atoms. The van der Waals surface area contributed by atoms with Crippen molar-refractivity contribution in [2.24, 2.45) is 11.8 Å². The third-order valence-corrected chi connectivity index (χ3v) is 4.57. The van der Waals surface area contributed by atoms with Gasteiger partial charge in [-0.05, 0) is 50.3 Å². The number of halogens is 2. The molecule has 0 aromatic heterocycles. The molecular weight excluding hydrogens is 392 g/mol. The van der Waals surface area contributed by atoms with E-state index in [1.807, 2.05) is 19.1 Å². The van der Waals surface area contributed by atoms with E-state index >= 15 is 0 Å². The first-order chi connectivity index (χ1) is 14.4. The highest BCUT2D eigenvalue weighted by Gasteiger charge is 2.27. The van der Waals surface area contributed by atoms with Gasteiger partial charge in [-0.25, -0.2) is 0 Å². The van der Waals surface area contributed by atoms with E-state index in [9.17, 15) is 23.8 Å². The second kappa shape index (κ2) is 14.7. The van der Waals surface area contributed by atoms with Crippen molar-refractivity contribution in [3.8, 4) is 5.75 Å². The summed E-state index contributed by atoms with van der Waals surface area (Å²) in [4.78, 5) is 11.4. The van der Waals surface area contributed by atoms with Crippen LogP contribution in [0.3, 0.4) is 0 Å². The number of benzene rings is 1. The Labute approximate surface area is 177 Å². The predicted molar refractivity (Wildman–Crippen MR) is 113 cm³/mol. The summed E-state index contributed by atoms with van der Waals surface area (Å²) in [5.74, 6) is -3.80. The summed E-state index contributed by atoms with van der Waals surface area (Å²) in [6.45, 7) is 1.10. The highest BCUT2D eigenvalue weighted by Crippen LogP contribution is 2.23. The number of hydrogen-bond acceptors (Lipinski definition) is 4. The molecule has 5 nitrogen and oxygen atoms in total. The van der Waals surface area contributed by atoms with Gasteiger partial charge in [0, 0.05) is 32.1 Å². The lowest BCUT2D eigenvalue weighted by Gasteiger charge is -2.21. The topological polar surface area (TPSA) is 78.8 Å². The van der Waals surface area contributed by atoms with Gasteiger partial charge in [-0.15, -0.1) is 0 Å². The van der Waals surface area contributed by atoms with E-state index in [0.717, 1.165) is 6.08 Å². The van der Waals surface area contributed by atoms with Crippen LogP contribution < -0.4 is 10.1 Å². The highest BCUT2D eigenvalue weighted by molar-refractivity contribution is 5.75. The number of carbonyl (C=O) groups excluding carboxylic acids is 1. The fourth-order valence-corrected chi connectivity index (χ4v) is 2.82. The van der Waals surface area contributed by atoms with Gasteiger partial charge in [-0.2, -0.15) is 8.78 Å². The molecule has 0 aliphatic heterocycles. The van der Waals surface area contributed by atoms with Crippen molar-refractivity contribution < 1.29 is 28.5 Å². The van der Waals surface area contributed by atoms with Crippen molar-refractivity contribution >= 4 is 5.91 Å². The number of aliphatic hydroxyl groups is 2. The first-order valence-corrected chi connectivity index (χ1v) is 10.3. The van der Waals surface area contributed by atoms with Crippen LogP contribution in [0.25, 0.3) is 0 Å². The molecule has 1 aromatic carbocycles. The summed E-state index contributed by atoms with van der Waals surface area (Å²) in [6, 6.07) is 8.36. The van der Waals surface area contributed by atoms with E-state index in [1.165, 1.54) is 6.08 Å².